The molecule has 0 unspecified atom stereocenters. The standard InChI is InChI=1S/C11H14F3N3O/c12-11(13,14)6-17(4-5-18)10-8-2-1-3-9(8)15-7-16-10/h7,18H,1-6H2. The first-order valence-corrected chi connectivity index (χ1v) is 5.76. The van der Waals surface area contributed by atoms with Gasteiger partial charge in [-0.05, 0) is 19.3 Å². The molecule has 1 N–H and O–H groups in total. The summed E-state index contributed by atoms with van der Waals surface area (Å²) in [6.07, 6.45) is -0.652. The Bertz CT molecular complexity index is 422. The van der Waals surface area contributed by atoms with E-state index in [0.29, 0.717) is 12.2 Å². The van der Waals surface area contributed by atoms with Gasteiger partial charge in [0.15, 0.2) is 0 Å². The molecule has 0 saturated heterocycles. The van der Waals surface area contributed by atoms with E-state index >= 15 is 0 Å². The number of aliphatic hydroxyl groups is 1. The van der Waals surface area contributed by atoms with Crippen molar-refractivity contribution in [3.63, 3.8) is 0 Å². The fraction of sp³-hybridized carbons (Fsp3) is 0.636. The van der Waals surface area contributed by atoms with Crippen LogP contribution in [0.25, 0.3) is 0 Å². The first-order chi connectivity index (χ1) is 8.51. The minimum absolute atomic E-state index is 0.0804. The molecule has 4 nitrogen and oxygen atoms in total. The molecule has 0 aromatic carbocycles. The number of nitrogens with zero attached hydrogens (tertiary/aromatic N) is 3. The molecular formula is C11H14F3N3O. The lowest BCUT2D eigenvalue weighted by atomic mass is 10.2. The van der Waals surface area contributed by atoms with Crippen LogP contribution in [0.5, 0.6) is 0 Å². The van der Waals surface area contributed by atoms with Crippen molar-refractivity contribution in [1.82, 2.24) is 9.97 Å². The molecule has 1 aliphatic rings. The van der Waals surface area contributed by atoms with Gasteiger partial charge in [0.05, 0.1) is 6.61 Å². The van der Waals surface area contributed by atoms with Crippen molar-refractivity contribution in [2.75, 3.05) is 24.6 Å². The summed E-state index contributed by atoms with van der Waals surface area (Å²) >= 11 is 0. The van der Waals surface area contributed by atoms with Gasteiger partial charge in [-0.25, -0.2) is 9.97 Å². The molecule has 7 heteroatoms. The molecule has 0 bridgehead atoms. The van der Waals surface area contributed by atoms with E-state index in [1.165, 1.54) is 6.33 Å². The average Bonchev–Trinajstić information content (AvgIpc) is 2.74. The smallest absolute Gasteiger partial charge is 0.395 e. The maximum Gasteiger partial charge on any atom is 0.405 e. The van der Waals surface area contributed by atoms with E-state index in [2.05, 4.69) is 9.97 Å². The third-order valence-corrected chi connectivity index (χ3v) is 2.89. The van der Waals surface area contributed by atoms with Crippen molar-refractivity contribution in [1.29, 1.82) is 0 Å². The normalized spacial score (nSPS) is 14.7. The number of hydrogen-bond donors (Lipinski definition) is 1. The Morgan fingerprint density at radius 2 is 2.06 bits per heavy atom. The van der Waals surface area contributed by atoms with Crippen molar-refractivity contribution in [3.05, 3.63) is 17.6 Å². The highest BCUT2D eigenvalue weighted by Gasteiger charge is 2.33. The van der Waals surface area contributed by atoms with E-state index in [4.69, 9.17) is 5.11 Å². The minimum Gasteiger partial charge on any atom is -0.395 e. The largest absolute Gasteiger partial charge is 0.405 e. The number of rotatable bonds is 4. The van der Waals surface area contributed by atoms with Crippen molar-refractivity contribution < 1.29 is 18.3 Å². The maximum atomic E-state index is 12.5. The lowest BCUT2D eigenvalue weighted by molar-refractivity contribution is -0.120. The highest BCUT2D eigenvalue weighted by molar-refractivity contribution is 5.50. The second kappa shape index (κ2) is 5.09. The lowest BCUT2D eigenvalue weighted by Gasteiger charge is -2.25. The van der Waals surface area contributed by atoms with E-state index in [1.54, 1.807) is 0 Å². The van der Waals surface area contributed by atoms with Gasteiger partial charge in [0.25, 0.3) is 0 Å². The predicted molar refractivity (Wildman–Crippen MR) is 59.4 cm³/mol. The lowest BCUT2D eigenvalue weighted by Crippen LogP contribution is -2.37. The summed E-state index contributed by atoms with van der Waals surface area (Å²) in [5.41, 5.74) is 1.61. The third-order valence-electron chi connectivity index (χ3n) is 2.89. The van der Waals surface area contributed by atoms with Crippen LogP contribution in [0.2, 0.25) is 0 Å². The van der Waals surface area contributed by atoms with E-state index in [0.717, 1.165) is 29.0 Å². The zero-order valence-corrected chi connectivity index (χ0v) is 9.74. The Hall–Kier alpha value is -1.37. The second-order valence-electron chi connectivity index (χ2n) is 4.24. The highest BCUT2D eigenvalue weighted by atomic mass is 19.4. The first-order valence-electron chi connectivity index (χ1n) is 5.76. The molecule has 18 heavy (non-hydrogen) atoms. The van der Waals surface area contributed by atoms with Crippen molar-refractivity contribution in [2.45, 2.75) is 25.4 Å². The molecular weight excluding hydrogens is 247 g/mol. The molecule has 0 atom stereocenters. The van der Waals surface area contributed by atoms with Crippen molar-refractivity contribution in [2.24, 2.45) is 0 Å². The summed E-state index contributed by atoms with van der Waals surface area (Å²) in [7, 11) is 0. The van der Waals surface area contributed by atoms with E-state index in [-0.39, 0.29) is 13.2 Å². The Labute approximate surface area is 102 Å². The van der Waals surface area contributed by atoms with E-state index in [1.807, 2.05) is 0 Å². The van der Waals surface area contributed by atoms with Crippen molar-refractivity contribution in [3.8, 4) is 0 Å². The minimum atomic E-state index is -4.31. The average molecular weight is 261 g/mol. The summed E-state index contributed by atoms with van der Waals surface area (Å²) in [5.74, 6) is 0.309. The molecule has 1 aromatic rings. The number of hydrogen-bond acceptors (Lipinski definition) is 4. The van der Waals surface area contributed by atoms with Crippen LogP contribution in [0, 0.1) is 0 Å². The van der Waals surface area contributed by atoms with Crippen LogP contribution in [0.3, 0.4) is 0 Å². The molecule has 0 aliphatic heterocycles. The van der Waals surface area contributed by atoms with Crippen molar-refractivity contribution >= 4 is 5.82 Å². The number of fused-ring (bicyclic) bond motifs is 1. The number of aliphatic hydroxyl groups excluding tert-OH is 1. The zero-order valence-electron chi connectivity index (χ0n) is 9.74. The molecule has 0 amide bonds. The summed E-state index contributed by atoms with van der Waals surface area (Å²) in [6.45, 7) is -1.52. The van der Waals surface area contributed by atoms with Crippen LogP contribution in [0.1, 0.15) is 17.7 Å². The fourth-order valence-electron chi connectivity index (χ4n) is 2.21. The van der Waals surface area contributed by atoms with Crippen LogP contribution >= 0.6 is 0 Å². The molecule has 1 aromatic heterocycles. The maximum absolute atomic E-state index is 12.5. The van der Waals surface area contributed by atoms with Gasteiger partial charge < -0.3 is 10.0 Å². The summed E-state index contributed by atoms with van der Waals surface area (Å²) < 4.78 is 37.5. The Morgan fingerprint density at radius 1 is 1.28 bits per heavy atom. The Morgan fingerprint density at radius 3 is 2.72 bits per heavy atom. The van der Waals surface area contributed by atoms with Crippen LogP contribution in [-0.4, -0.2) is 40.9 Å². The number of halogens is 3. The molecule has 0 fully saturated rings. The van der Waals surface area contributed by atoms with Gasteiger partial charge in [-0.1, -0.05) is 0 Å². The molecule has 0 radical (unpaired) electrons. The van der Waals surface area contributed by atoms with Gasteiger partial charge >= 0.3 is 6.18 Å². The number of aryl methyl sites for hydroxylation is 1. The van der Waals surface area contributed by atoms with Crippen LogP contribution in [0.15, 0.2) is 6.33 Å². The van der Waals surface area contributed by atoms with Gasteiger partial charge in [0.2, 0.25) is 0 Å². The zero-order chi connectivity index (χ0) is 13.2. The Balaban J connectivity index is 2.28. The van der Waals surface area contributed by atoms with Crippen LogP contribution in [0.4, 0.5) is 19.0 Å². The molecule has 0 saturated carbocycles. The van der Waals surface area contributed by atoms with Crippen LogP contribution < -0.4 is 4.90 Å². The SMILES string of the molecule is OCCN(CC(F)(F)F)c1ncnc2c1CCC2. The molecule has 2 rings (SSSR count). The number of alkyl halides is 3. The molecule has 1 aliphatic carbocycles. The van der Waals surface area contributed by atoms with E-state index < -0.39 is 12.7 Å². The summed E-state index contributed by atoms with van der Waals surface area (Å²) in [5, 5.41) is 8.89. The van der Waals surface area contributed by atoms with Gasteiger partial charge in [-0.15, -0.1) is 0 Å². The van der Waals surface area contributed by atoms with Gasteiger partial charge in [-0.3, -0.25) is 0 Å². The summed E-state index contributed by atoms with van der Waals surface area (Å²) in [6, 6.07) is 0. The molecule has 0 spiro atoms. The number of aromatic nitrogens is 2. The fourth-order valence-corrected chi connectivity index (χ4v) is 2.21. The Kier molecular flexibility index (Phi) is 3.70. The quantitative estimate of drug-likeness (QED) is 0.888. The monoisotopic (exact) mass is 261 g/mol. The predicted octanol–water partition coefficient (Wildman–Crippen LogP) is 1.33. The van der Waals surface area contributed by atoms with Gasteiger partial charge in [-0.2, -0.15) is 13.2 Å². The van der Waals surface area contributed by atoms with Gasteiger partial charge in [0, 0.05) is 17.8 Å². The van der Waals surface area contributed by atoms with Gasteiger partial charge in [0.1, 0.15) is 18.7 Å². The third kappa shape index (κ3) is 2.90. The highest BCUT2D eigenvalue weighted by Crippen LogP contribution is 2.29. The second-order valence-corrected chi connectivity index (χ2v) is 4.24. The topological polar surface area (TPSA) is 49.2 Å². The van der Waals surface area contributed by atoms with Crippen LogP contribution in [-0.2, 0) is 12.8 Å². The van der Waals surface area contributed by atoms with E-state index in [9.17, 15) is 13.2 Å². The first kappa shape index (κ1) is 13.1. The molecule has 100 valence electrons. The number of anilines is 1. The summed E-state index contributed by atoms with van der Waals surface area (Å²) in [4.78, 5) is 9.11. The molecule has 1 heterocycles.